The van der Waals surface area contributed by atoms with Crippen molar-refractivity contribution < 1.29 is 28.2 Å². The highest BCUT2D eigenvalue weighted by Crippen LogP contribution is 2.52. The Morgan fingerprint density at radius 3 is 2.51 bits per heavy atom. The van der Waals surface area contributed by atoms with Crippen LogP contribution in [0.3, 0.4) is 0 Å². The summed E-state index contributed by atoms with van der Waals surface area (Å²) in [7, 11) is 0. The summed E-state index contributed by atoms with van der Waals surface area (Å²) >= 11 is 0. The largest absolute Gasteiger partial charge is 0.490 e. The van der Waals surface area contributed by atoms with Crippen molar-refractivity contribution in [2.45, 2.75) is 98.1 Å². The van der Waals surface area contributed by atoms with E-state index in [0.717, 1.165) is 56.9 Å². The summed E-state index contributed by atoms with van der Waals surface area (Å²) in [5.74, 6) is 1.86. The quantitative estimate of drug-likeness (QED) is 0.235. The topological polar surface area (TPSA) is 113 Å². The first-order valence-electron chi connectivity index (χ1n) is 18.9. The van der Waals surface area contributed by atoms with E-state index in [4.69, 9.17) is 19.2 Å². The minimum atomic E-state index is -0.502. The summed E-state index contributed by atoms with van der Waals surface area (Å²) in [4.78, 5) is 47.5. The van der Waals surface area contributed by atoms with E-state index in [9.17, 15) is 14.0 Å². The van der Waals surface area contributed by atoms with E-state index in [1.807, 2.05) is 53.8 Å². The van der Waals surface area contributed by atoms with Crippen LogP contribution < -0.4 is 14.4 Å². The Morgan fingerprint density at radius 2 is 1.81 bits per heavy atom. The third kappa shape index (κ3) is 7.63. The molecular formula is C40H52FN7O5. The summed E-state index contributed by atoms with van der Waals surface area (Å²) in [5.41, 5.74) is 2.07. The average molecular weight is 730 g/mol. The van der Waals surface area contributed by atoms with Gasteiger partial charge in [-0.1, -0.05) is 0 Å². The fourth-order valence-corrected chi connectivity index (χ4v) is 8.22. The molecule has 2 amide bonds. The molecule has 0 bridgehead atoms. The van der Waals surface area contributed by atoms with E-state index >= 15 is 0 Å². The molecule has 284 valence electrons. The van der Waals surface area contributed by atoms with E-state index in [0.29, 0.717) is 43.2 Å². The van der Waals surface area contributed by atoms with Gasteiger partial charge >= 0.3 is 6.09 Å². The molecule has 0 radical (unpaired) electrons. The highest BCUT2D eigenvalue weighted by atomic mass is 19.1. The van der Waals surface area contributed by atoms with Gasteiger partial charge < -0.3 is 28.9 Å². The number of nitrogens with zero attached hydrogens (tertiary/aromatic N) is 7. The summed E-state index contributed by atoms with van der Waals surface area (Å²) < 4.78 is 32.8. The predicted molar refractivity (Wildman–Crippen MR) is 198 cm³/mol. The molecule has 1 unspecified atom stereocenters. The molecule has 12 nitrogen and oxygen atoms in total. The molecule has 3 fully saturated rings. The second-order valence-electron chi connectivity index (χ2n) is 16.5. The van der Waals surface area contributed by atoms with Crippen LogP contribution in [0.15, 0.2) is 43.0 Å². The van der Waals surface area contributed by atoms with Crippen molar-refractivity contribution in [2.75, 3.05) is 44.2 Å². The SMILES string of the molecule is CCN(C(=O)c1cc(F)ccc1Oc1cncnc1N1CC2(CC(Oc3ccnc4c3CN(C(C)C3CN(C(=O)OC(C)(C)C)C3)CC4)C2)C1)C(C)C. The van der Waals surface area contributed by atoms with E-state index in [2.05, 4.69) is 26.7 Å². The van der Waals surface area contributed by atoms with Gasteiger partial charge in [-0.05, 0) is 85.6 Å². The molecule has 1 aromatic carbocycles. The zero-order chi connectivity index (χ0) is 37.7. The fraction of sp³-hybridized carbons (Fsp3) is 0.575. The number of rotatable bonds is 10. The van der Waals surface area contributed by atoms with Gasteiger partial charge in [-0.2, -0.15) is 0 Å². The maximum Gasteiger partial charge on any atom is 0.410 e. The Labute approximate surface area is 311 Å². The zero-order valence-electron chi connectivity index (χ0n) is 32.0. The van der Waals surface area contributed by atoms with E-state index in [1.54, 1.807) is 16.0 Å². The third-order valence-corrected chi connectivity index (χ3v) is 11.2. The van der Waals surface area contributed by atoms with Crippen molar-refractivity contribution in [1.82, 2.24) is 29.7 Å². The second kappa shape index (κ2) is 14.4. The Hall–Kier alpha value is -4.52. The highest BCUT2D eigenvalue weighted by molar-refractivity contribution is 5.97. The van der Waals surface area contributed by atoms with Crippen LogP contribution in [0.4, 0.5) is 15.0 Å². The van der Waals surface area contributed by atoms with Crippen LogP contribution in [0.1, 0.15) is 82.9 Å². The number of aromatic nitrogens is 3. The number of hydrogen-bond acceptors (Lipinski definition) is 10. The lowest BCUT2D eigenvalue weighted by molar-refractivity contribution is -0.0359. The van der Waals surface area contributed by atoms with Gasteiger partial charge in [0, 0.05) is 93.1 Å². The van der Waals surface area contributed by atoms with Gasteiger partial charge in [0.25, 0.3) is 5.91 Å². The van der Waals surface area contributed by atoms with E-state index < -0.39 is 11.4 Å². The van der Waals surface area contributed by atoms with Crippen molar-refractivity contribution in [3.8, 4) is 17.2 Å². The highest BCUT2D eigenvalue weighted by Gasteiger charge is 2.54. The maximum atomic E-state index is 14.3. The van der Waals surface area contributed by atoms with Crippen molar-refractivity contribution in [2.24, 2.45) is 11.3 Å². The second-order valence-corrected chi connectivity index (χ2v) is 16.5. The van der Waals surface area contributed by atoms with E-state index in [-0.39, 0.29) is 40.9 Å². The number of carbonyl (C=O) groups excluding carboxylic acids is 2. The van der Waals surface area contributed by atoms with Crippen molar-refractivity contribution in [1.29, 1.82) is 0 Å². The van der Waals surface area contributed by atoms with Gasteiger partial charge in [-0.15, -0.1) is 0 Å². The Balaban J connectivity index is 0.947. The monoisotopic (exact) mass is 729 g/mol. The summed E-state index contributed by atoms with van der Waals surface area (Å²) in [6.07, 6.45) is 7.56. The fourth-order valence-electron chi connectivity index (χ4n) is 8.22. The summed E-state index contributed by atoms with van der Waals surface area (Å²) in [6, 6.07) is 6.28. The van der Waals surface area contributed by atoms with Crippen molar-refractivity contribution in [3.63, 3.8) is 0 Å². The number of likely N-dealkylation sites (tertiary alicyclic amines) is 1. The van der Waals surface area contributed by atoms with Crippen LogP contribution in [0.2, 0.25) is 0 Å². The number of fused-ring (bicyclic) bond motifs is 1. The molecular weight excluding hydrogens is 677 g/mol. The zero-order valence-corrected chi connectivity index (χ0v) is 32.0. The number of halogens is 1. The molecule has 2 aromatic heterocycles. The molecule has 2 saturated heterocycles. The van der Waals surface area contributed by atoms with E-state index in [1.165, 1.54) is 30.1 Å². The lowest BCUT2D eigenvalue weighted by Crippen LogP contribution is -2.65. The van der Waals surface area contributed by atoms with Gasteiger partial charge in [-0.25, -0.2) is 19.2 Å². The third-order valence-electron chi connectivity index (χ3n) is 11.2. The van der Waals surface area contributed by atoms with Gasteiger partial charge in [0.1, 0.15) is 35.3 Å². The molecule has 13 heteroatoms. The Bertz CT molecular complexity index is 1830. The summed E-state index contributed by atoms with van der Waals surface area (Å²) in [5, 5.41) is 0. The standard InChI is InChI=1S/C40H52FN7O5/c1-8-48(25(2)3)37(49)30-15-28(41)9-10-33(30)52-35-18-42-24-44-36(35)47-22-40(23-47)16-29(17-40)51-34-11-13-43-32-12-14-45(21-31(32)34)26(4)27-19-46(20-27)38(50)53-39(5,6)7/h9-11,13,15,18,24-27,29H,8,12,14,16-17,19-23H2,1-7H3. The van der Waals surface area contributed by atoms with Gasteiger partial charge in [0.2, 0.25) is 0 Å². The molecule has 0 N–H and O–H groups in total. The number of anilines is 1. The van der Waals surface area contributed by atoms with Gasteiger partial charge in [0.05, 0.1) is 11.8 Å². The van der Waals surface area contributed by atoms with Gasteiger partial charge in [0.15, 0.2) is 11.6 Å². The van der Waals surface area contributed by atoms with Crippen LogP contribution in [-0.4, -0.2) is 105 Å². The molecule has 5 heterocycles. The normalized spacial score (nSPS) is 19.2. The molecule has 7 rings (SSSR count). The molecule has 53 heavy (non-hydrogen) atoms. The van der Waals surface area contributed by atoms with Crippen LogP contribution in [0, 0.1) is 17.2 Å². The van der Waals surface area contributed by atoms with Gasteiger partial charge in [-0.3, -0.25) is 14.7 Å². The van der Waals surface area contributed by atoms with Crippen LogP contribution in [-0.2, 0) is 17.7 Å². The predicted octanol–water partition coefficient (Wildman–Crippen LogP) is 6.33. The lowest BCUT2D eigenvalue weighted by Gasteiger charge is -2.59. The molecule has 1 atom stereocenters. The molecule has 1 aliphatic carbocycles. The first-order chi connectivity index (χ1) is 25.2. The lowest BCUT2D eigenvalue weighted by atomic mass is 9.61. The Kier molecular flexibility index (Phi) is 9.99. The minimum absolute atomic E-state index is 0.0495. The number of ether oxygens (including phenoxy) is 3. The Morgan fingerprint density at radius 1 is 1.06 bits per heavy atom. The molecule has 1 spiro atoms. The van der Waals surface area contributed by atoms with Crippen LogP contribution >= 0.6 is 0 Å². The molecule has 3 aromatic rings. The minimum Gasteiger partial charge on any atom is -0.490 e. The number of amides is 2. The number of carbonyl (C=O) groups is 2. The smallest absolute Gasteiger partial charge is 0.410 e. The van der Waals surface area contributed by atoms with Crippen molar-refractivity contribution >= 4 is 17.8 Å². The number of benzene rings is 1. The average Bonchev–Trinajstić information content (AvgIpc) is 3.04. The first-order valence-corrected chi connectivity index (χ1v) is 18.9. The molecule has 1 saturated carbocycles. The van der Waals surface area contributed by atoms with Crippen LogP contribution in [0.5, 0.6) is 17.2 Å². The number of pyridine rings is 1. The molecule has 3 aliphatic heterocycles. The number of hydrogen-bond donors (Lipinski definition) is 0. The first kappa shape index (κ1) is 36.8. The maximum absolute atomic E-state index is 14.3. The van der Waals surface area contributed by atoms with Crippen LogP contribution in [0.25, 0.3) is 0 Å². The van der Waals surface area contributed by atoms with Crippen molar-refractivity contribution in [3.05, 3.63) is 65.6 Å². The molecule has 4 aliphatic rings. The summed E-state index contributed by atoms with van der Waals surface area (Å²) in [6.45, 7) is 18.9.